The lowest BCUT2D eigenvalue weighted by Gasteiger charge is -2.17. The molecule has 124 valence electrons. The monoisotopic (exact) mass is 323 g/mol. The highest BCUT2D eigenvalue weighted by Gasteiger charge is 2.38. The number of anilines is 2. The second kappa shape index (κ2) is 6.74. The fourth-order valence-electron chi connectivity index (χ4n) is 2.78. The number of amides is 2. The molecule has 3 rings (SSSR count). The van der Waals surface area contributed by atoms with Crippen molar-refractivity contribution in [3.63, 3.8) is 0 Å². The van der Waals surface area contributed by atoms with Crippen LogP contribution in [0, 0.1) is 0 Å². The van der Waals surface area contributed by atoms with Crippen LogP contribution in [0.4, 0.5) is 11.4 Å². The van der Waals surface area contributed by atoms with Gasteiger partial charge in [0.25, 0.3) is 5.91 Å². The van der Waals surface area contributed by atoms with Crippen molar-refractivity contribution in [2.24, 2.45) is 0 Å². The van der Waals surface area contributed by atoms with Crippen molar-refractivity contribution < 1.29 is 9.59 Å². The predicted molar refractivity (Wildman–Crippen MR) is 94.8 cm³/mol. The van der Waals surface area contributed by atoms with Gasteiger partial charge < -0.3 is 10.2 Å². The Labute approximate surface area is 141 Å². The van der Waals surface area contributed by atoms with E-state index >= 15 is 0 Å². The Balaban J connectivity index is 1.67. The molecule has 0 spiro atoms. The summed E-state index contributed by atoms with van der Waals surface area (Å²) < 4.78 is 0. The molecule has 1 heterocycles. The van der Waals surface area contributed by atoms with Gasteiger partial charge in [0.2, 0.25) is 5.91 Å². The van der Waals surface area contributed by atoms with Gasteiger partial charge in [-0.15, -0.1) is 0 Å². The molecular formula is C19H21N3O2. The largest absolute Gasteiger partial charge is 0.378 e. The molecule has 2 aromatic carbocycles. The average Bonchev–Trinajstić information content (AvgIpc) is 2.84. The molecule has 1 fully saturated rings. The van der Waals surface area contributed by atoms with Gasteiger partial charge in [0, 0.05) is 25.5 Å². The number of imide groups is 1. The van der Waals surface area contributed by atoms with E-state index in [0.717, 1.165) is 16.9 Å². The van der Waals surface area contributed by atoms with Crippen molar-refractivity contribution >= 4 is 23.2 Å². The number of hydrogen-bond donors (Lipinski definition) is 1. The first-order chi connectivity index (χ1) is 11.5. The quantitative estimate of drug-likeness (QED) is 0.859. The SMILES string of the molecule is CN(C)c1ccc(NC2CC(=O)N(Cc3ccccc3)C2=O)cc1. The Morgan fingerprint density at radius 3 is 2.33 bits per heavy atom. The molecule has 2 aromatic rings. The molecular weight excluding hydrogens is 302 g/mol. The third-order valence-corrected chi connectivity index (χ3v) is 4.15. The van der Waals surface area contributed by atoms with Gasteiger partial charge in [-0.25, -0.2) is 0 Å². The van der Waals surface area contributed by atoms with E-state index in [2.05, 4.69) is 5.32 Å². The van der Waals surface area contributed by atoms with Crippen LogP contribution in [0.2, 0.25) is 0 Å². The van der Waals surface area contributed by atoms with Crippen LogP contribution in [0.5, 0.6) is 0 Å². The van der Waals surface area contributed by atoms with Crippen LogP contribution in [-0.4, -0.2) is 36.9 Å². The van der Waals surface area contributed by atoms with Crippen LogP contribution in [0.15, 0.2) is 54.6 Å². The number of hydrogen-bond acceptors (Lipinski definition) is 4. The van der Waals surface area contributed by atoms with E-state index < -0.39 is 6.04 Å². The Bertz CT molecular complexity index is 726. The summed E-state index contributed by atoms with van der Waals surface area (Å²) in [5.41, 5.74) is 2.88. The van der Waals surface area contributed by atoms with E-state index in [1.54, 1.807) is 0 Å². The van der Waals surface area contributed by atoms with Crippen molar-refractivity contribution in [1.82, 2.24) is 4.90 Å². The van der Waals surface area contributed by atoms with E-state index in [9.17, 15) is 9.59 Å². The molecule has 0 radical (unpaired) electrons. The maximum Gasteiger partial charge on any atom is 0.252 e. The second-order valence-electron chi connectivity index (χ2n) is 6.15. The molecule has 1 saturated heterocycles. The summed E-state index contributed by atoms with van der Waals surface area (Å²) in [4.78, 5) is 28.1. The first-order valence-corrected chi connectivity index (χ1v) is 7.96. The molecule has 5 nitrogen and oxygen atoms in total. The van der Waals surface area contributed by atoms with Gasteiger partial charge >= 0.3 is 0 Å². The Kier molecular flexibility index (Phi) is 4.51. The van der Waals surface area contributed by atoms with Crippen LogP contribution in [-0.2, 0) is 16.1 Å². The molecule has 1 N–H and O–H groups in total. The second-order valence-corrected chi connectivity index (χ2v) is 6.15. The number of carbonyl (C=O) groups is 2. The van der Waals surface area contributed by atoms with Crippen molar-refractivity contribution in [2.45, 2.75) is 19.0 Å². The molecule has 0 saturated carbocycles. The van der Waals surface area contributed by atoms with E-state index in [4.69, 9.17) is 0 Å². The van der Waals surface area contributed by atoms with Gasteiger partial charge in [0.15, 0.2) is 0 Å². The average molecular weight is 323 g/mol. The lowest BCUT2D eigenvalue weighted by molar-refractivity contribution is -0.139. The lowest BCUT2D eigenvalue weighted by atomic mass is 10.2. The molecule has 0 aromatic heterocycles. The fourth-order valence-corrected chi connectivity index (χ4v) is 2.78. The van der Waals surface area contributed by atoms with Gasteiger partial charge in [0.05, 0.1) is 13.0 Å². The summed E-state index contributed by atoms with van der Waals surface area (Å²) in [6, 6.07) is 16.9. The number of nitrogens with zero attached hydrogens (tertiary/aromatic N) is 2. The lowest BCUT2D eigenvalue weighted by Crippen LogP contribution is -2.34. The first kappa shape index (κ1) is 16.1. The highest BCUT2D eigenvalue weighted by atomic mass is 16.2. The smallest absolute Gasteiger partial charge is 0.252 e. The summed E-state index contributed by atoms with van der Waals surface area (Å²) in [6.45, 7) is 0.330. The van der Waals surface area contributed by atoms with Crippen LogP contribution in [0.25, 0.3) is 0 Å². The maximum atomic E-state index is 12.5. The summed E-state index contributed by atoms with van der Waals surface area (Å²) in [7, 11) is 3.95. The molecule has 5 heteroatoms. The minimum atomic E-state index is -0.494. The summed E-state index contributed by atoms with van der Waals surface area (Å²) in [5.74, 6) is -0.299. The topological polar surface area (TPSA) is 52.7 Å². The van der Waals surface area contributed by atoms with Crippen LogP contribution in [0.3, 0.4) is 0 Å². The highest BCUT2D eigenvalue weighted by molar-refractivity contribution is 6.06. The van der Waals surface area contributed by atoms with Gasteiger partial charge in [-0.3, -0.25) is 14.5 Å². The molecule has 1 unspecified atom stereocenters. The van der Waals surface area contributed by atoms with Crippen LogP contribution in [0.1, 0.15) is 12.0 Å². The maximum absolute atomic E-state index is 12.5. The van der Waals surface area contributed by atoms with Crippen molar-refractivity contribution in [3.05, 3.63) is 60.2 Å². The Morgan fingerprint density at radius 2 is 1.71 bits per heavy atom. The molecule has 1 aliphatic heterocycles. The van der Waals surface area contributed by atoms with Crippen molar-refractivity contribution in [2.75, 3.05) is 24.3 Å². The fraction of sp³-hybridized carbons (Fsp3) is 0.263. The first-order valence-electron chi connectivity index (χ1n) is 7.96. The number of benzene rings is 2. The molecule has 0 bridgehead atoms. The number of likely N-dealkylation sites (tertiary alicyclic amines) is 1. The van der Waals surface area contributed by atoms with Crippen LogP contribution >= 0.6 is 0 Å². The number of rotatable bonds is 5. The molecule has 2 amide bonds. The van der Waals surface area contributed by atoms with E-state index in [0.29, 0.717) is 6.54 Å². The van der Waals surface area contributed by atoms with Crippen molar-refractivity contribution in [1.29, 1.82) is 0 Å². The molecule has 24 heavy (non-hydrogen) atoms. The minimum absolute atomic E-state index is 0.133. The number of nitrogens with one attached hydrogen (secondary N) is 1. The predicted octanol–water partition coefficient (Wildman–Crippen LogP) is 2.49. The minimum Gasteiger partial charge on any atom is -0.378 e. The number of carbonyl (C=O) groups excluding carboxylic acids is 2. The molecule has 0 aliphatic carbocycles. The van der Waals surface area contributed by atoms with E-state index in [-0.39, 0.29) is 18.2 Å². The molecule has 1 atom stereocenters. The van der Waals surface area contributed by atoms with Crippen molar-refractivity contribution in [3.8, 4) is 0 Å². The zero-order valence-electron chi connectivity index (χ0n) is 13.9. The third kappa shape index (κ3) is 3.40. The van der Waals surface area contributed by atoms with Gasteiger partial charge in [-0.2, -0.15) is 0 Å². The zero-order chi connectivity index (χ0) is 17.1. The van der Waals surface area contributed by atoms with Gasteiger partial charge in [-0.05, 0) is 29.8 Å². The van der Waals surface area contributed by atoms with Gasteiger partial charge in [-0.1, -0.05) is 30.3 Å². The van der Waals surface area contributed by atoms with E-state index in [1.807, 2.05) is 73.6 Å². The Morgan fingerprint density at radius 1 is 1.04 bits per heavy atom. The zero-order valence-corrected chi connectivity index (χ0v) is 13.9. The summed E-state index contributed by atoms with van der Waals surface area (Å²) >= 11 is 0. The normalized spacial score (nSPS) is 17.2. The standard InChI is InChI=1S/C19H21N3O2/c1-21(2)16-10-8-15(9-11-16)20-17-12-18(23)22(19(17)24)13-14-6-4-3-5-7-14/h3-11,17,20H,12-13H2,1-2H3. The molecule has 1 aliphatic rings. The highest BCUT2D eigenvalue weighted by Crippen LogP contribution is 2.22. The third-order valence-electron chi connectivity index (χ3n) is 4.15. The van der Waals surface area contributed by atoms with E-state index in [1.165, 1.54) is 4.90 Å². The summed E-state index contributed by atoms with van der Waals surface area (Å²) in [6.07, 6.45) is 0.196. The van der Waals surface area contributed by atoms with Crippen LogP contribution < -0.4 is 10.2 Å². The summed E-state index contributed by atoms with van der Waals surface area (Å²) in [5, 5.41) is 3.17. The van der Waals surface area contributed by atoms with Gasteiger partial charge in [0.1, 0.15) is 6.04 Å². The Hall–Kier alpha value is -2.82.